The van der Waals surface area contributed by atoms with Crippen molar-refractivity contribution in [3.05, 3.63) is 29.3 Å². The third kappa shape index (κ3) is 1.19. The maximum Gasteiger partial charge on any atom is 0.101 e. The normalized spacial score (nSPS) is 20.6. The van der Waals surface area contributed by atoms with Crippen molar-refractivity contribution in [2.45, 2.75) is 12.6 Å². The zero-order chi connectivity index (χ0) is 8.55. The molecule has 1 unspecified atom stereocenters. The van der Waals surface area contributed by atoms with E-state index in [2.05, 4.69) is 4.99 Å². The number of anilines is 1. The zero-order valence-electron chi connectivity index (χ0n) is 6.70. The van der Waals surface area contributed by atoms with E-state index in [1.165, 1.54) is 5.56 Å². The number of hydrogen-bond acceptors (Lipinski definition) is 3. The molecule has 0 saturated carbocycles. The molecule has 1 heterocycles. The lowest BCUT2D eigenvalue weighted by atomic mass is 10.0. The number of aliphatic imine (C=N–C) groups is 1. The minimum atomic E-state index is -0.0823. The Morgan fingerprint density at radius 1 is 1.42 bits per heavy atom. The second-order valence-electron chi connectivity index (χ2n) is 3.01. The Morgan fingerprint density at radius 3 is 3.08 bits per heavy atom. The van der Waals surface area contributed by atoms with E-state index in [0.717, 1.165) is 17.7 Å². The van der Waals surface area contributed by atoms with E-state index in [0.29, 0.717) is 0 Å². The summed E-state index contributed by atoms with van der Waals surface area (Å²) in [7, 11) is 0. The Morgan fingerprint density at radius 2 is 2.25 bits per heavy atom. The number of nitrogens with two attached hydrogens (primary N) is 2. The summed E-state index contributed by atoms with van der Waals surface area (Å²) in [6, 6.07) is 5.82. The third-order valence-corrected chi connectivity index (χ3v) is 2.00. The molecule has 0 saturated heterocycles. The quantitative estimate of drug-likeness (QED) is 0.545. The lowest BCUT2D eigenvalue weighted by Crippen LogP contribution is -2.24. The van der Waals surface area contributed by atoms with Crippen molar-refractivity contribution in [1.82, 2.24) is 0 Å². The van der Waals surface area contributed by atoms with Crippen molar-refractivity contribution in [2.24, 2.45) is 10.7 Å². The second kappa shape index (κ2) is 2.60. The van der Waals surface area contributed by atoms with E-state index in [1.54, 1.807) is 6.21 Å². The van der Waals surface area contributed by atoms with Gasteiger partial charge in [-0.05, 0) is 23.3 Å². The first-order chi connectivity index (χ1) is 5.75. The average molecular weight is 161 g/mol. The molecule has 1 aromatic carbocycles. The molecular weight excluding hydrogens is 150 g/mol. The Hall–Kier alpha value is -1.35. The summed E-state index contributed by atoms with van der Waals surface area (Å²) in [4.78, 5) is 4.11. The molecule has 0 fully saturated rings. The van der Waals surface area contributed by atoms with Crippen LogP contribution in [0.3, 0.4) is 0 Å². The SMILES string of the molecule is Nc1ccc2c(c1)C=NC(N)C2. The predicted molar refractivity (Wildman–Crippen MR) is 50.1 cm³/mol. The van der Waals surface area contributed by atoms with Crippen LogP contribution in [-0.4, -0.2) is 12.4 Å². The van der Waals surface area contributed by atoms with Crippen LogP contribution in [0.2, 0.25) is 0 Å². The van der Waals surface area contributed by atoms with E-state index in [9.17, 15) is 0 Å². The zero-order valence-corrected chi connectivity index (χ0v) is 6.70. The van der Waals surface area contributed by atoms with Gasteiger partial charge >= 0.3 is 0 Å². The predicted octanol–water partition coefficient (Wildman–Crippen LogP) is 0.529. The summed E-state index contributed by atoms with van der Waals surface area (Å²) in [5.41, 5.74) is 14.4. The highest BCUT2D eigenvalue weighted by Crippen LogP contribution is 2.16. The highest BCUT2D eigenvalue weighted by molar-refractivity contribution is 5.84. The molecule has 3 nitrogen and oxygen atoms in total. The first-order valence-corrected chi connectivity index (χ1v) is 3.93. The molecular formula is C9H11N3. The fourth-order valence-electron chi connectivity index (χ4n) is 1.37. The lowest BCUT2D eigenvalue weighted by molar-refractivity contribution is 0.699. The molecule has 2 rings (SSSR count). The molecule has 0 aliphatic carbocycles. The van der Waals surface area contributed by atoms with Crippen LogP contribution < -0.4 is 11.5 Å². The first kappa shape index (κ1) is 7.31. The van der Waals surface area contributed by atoms with Crippen molar-refractivity contribution >= 4 is 11.9 Å². The molecule has 0 bridgehead atoms. The number of rotatable bonds is 0. The number of fused-ring (bicyclic) bond motifs is 1. The van der Waals surface area contributed by atoms with Crippen LogP contribution in [0.4, 0.5) is 5.69 Å². The summed E-state index contributed by atoms with van der Waals surface area (Å²) in [6.45, 7) is 0. The van der Waals surface area contributed by atoms with Crippen LogP contribution in [0.1, 0.15) is 11.1 Å². The molecule has 1 aliphatic heterocycles. The fraction of sp³-hybridized carbons (Fsp3) is 0.222. The van der Waals surface area contributed by atoms with Gasteiger partial charge in [0.1, 0.15) is 6.17 Å². The molecule has 1 atom stereocenters. The van der Waals surface area contributed by atoms with Crippen LogP contribution in [0.25, 0.3) is 0 Å². The highest BCUT2D eigenvalue weighted by Gasteiger charge is 2.10. The van der Waals surface area contributed by atoms with Gasteiger partial charge in [0.05, 0.1) is 0 Å². The Bertz CT molecular complexity index is 331. The van der Waals surface area contributed by atoms with Gasteiger partial charge in [-0.25, -0.2) is 0 Å². The molecule has 0 amide bonds. The number of nitrogen functional groups attached to an aromatic ring is 1. The molecule has 1 aliphatic rings. The van der Waals surface area contributed by atoms with Gasteiger partial charge in [0.25, 0.3) is 0 Å². The van der Waals surface area contributed by atoms with E-state index in [4.69, 9.17) is 11.5 Å². The van der Waals surface area contributed by atoms with E-state index in [-0.39, 0.29) is 6.17 Å². The highest BCUT2D eigenvalue weighted by atomic mass is 14.9. The van der Waals surface area contributed by atoms with Crippen LogP contribution in [0, 0.1) is 0 Å². The van der Waals surface area contributed by atoms with Crippen molar-refractivity contribution in [2.75, 3.05) is 5.73 Å². The Balaban J connectivity index is 2.47. The monoisotopic (exact) mass is 161 g/mol. The van der Waals surface area contributed by atoms with Crippen LogP contribution >= 0.6 is 0 Å². The van der Waals surface area contributed by atoms with Gasteiger partial charge in [-0.1, -0.05) is 6.07 Å². The Kier molecular flexibility index (Phi) is 1.59. The van der Waals surface area contributed by atoms with Crippen molar-refractivity contribution in [3.63, 3.8) is 0 Å². The number of hydrogen-bond donors (Lipinski definition) is 2. The standard InChI is InChI=1S/C9H11N3/c10-8-2-1-6-4-9(11)12-5-7(6)3-8/h1-3,5,9H,4,10-11H2. The smallest absolute Gasteiger partial charge is 0.101 e. The molecule has 3 heteroatoms. The molecule has 0 aromatic heterocycles. The van der Waals surface area contributed by atoms with E-state index < -0.39 is 0 Å². The molecule has 62 valence electrons. The minimum absolute atomic E-state index is 0.0823. The lowest BCUT2D eigenvalue weighted by Gasteiger charge is -2.14. The fourth-order valence-corrected chi connectivity index (χ4v) is 1.37. The van der Waals surface area contributed by atoms with Gasteiger partial charge in [-0.2, -0.15) is 0 Å². The number of nitrogens with zero attached hydrogens (tertiary/aromatic N) is 1. The molecule has 0 spiro atoms. The molecule has 0 radical (unpaired) electrons. The van der Waals surface area contributed by atoms with E-state index >= 15 is 0 Å². The molecule has 12 heavy (non-hydrogen) atoms. The molecule has 4 N–H and O–H groups in total. The summed E-state index contributed by atoms with van der Waals surface area (Å²) < 4.78 is 0. The van der Waals surface area contributed by atoms with Gasteiger partial charge in [0, 0.05) is 18.3 Å². The van der Waals surface area contributed by atoms with Crippen molar-refractivity contribution in [1.29, 1.82) is 0 Å². The van der Waals surface area contributed by atoms with Gasteiger partial charge in [-0.15, -0.1) is 0 Å². The van der Waals surface area contributed by atoms with Crippen LogP contribution in [0.15, 0.2) is 23.2 Å². The summed E-state index contributed by atoms with van der Waals surface area (Å²) in [5.74, 6) is 0. The topological polar surface area (TPSA) is 64.4 Å². The second-order valence-corrected chi connectivity index (χ2v) is 3.01. The molecule has 1 aromatic rings. The maximum absolute atomic E-state index is 5.66. The van der Waals surface area contributed by atoms with E-state index in [1.807, 2.05) is 18.2 Å². The number of benzene rings is 1. The van der Waals surface area contributed by atoms with Crippen LogP contribution in [-0.2, 0) is 6.42 Å². The first-order valence-electron chi connectivity index (χ1n) is 3.93. The van der Waals surface area contributed by atoms with Gasteiger partial charge in [-0.3, -0.25) is 4.99 Å². The van der Waals surface area contributed by atoms with Crippen molar-refractivity contribution < 1.29 is 0 Å². The van der Waals surface area contributed by atoms with Gasteiger partial charge < -0.3 is 11.5 Å². The van der Waals surface area contributed by atoms with Crippen LogP contribution in [0.5, 0.6) is 0 Å². The maximum atomic E-state index is 5.66. The largest absolute Gasteiger partial charge is 0.399 e. The average Bonchev–Trinajstić information content (AvgIpc) is 2.05. The minimum Gasteiger partial charge on any atom is -0.399 e. The van der Waals surface area contributed by atoms with Gasteiger partial charge in [0.15, 0.2) is 0 Å². The Labute approximate surface area is 71.1 Å². The van der Waals surface area contributed by atoms with Gasteiger partial charge in [0.2, 0.25) is 0 Å². The summed E-state index contributed by atoms with van der Waals surface area (Å²) in [5, 5.41) is 0. The third-order valence-electron chi connectivity index (χ3n) is 2.00. The van der Waals surface area contributed by atoms with Crippen molar-refractivity contribution in [3.8, 4) is 0 Å². The summed E-state index contributed by atoms with van der Waals surface area (Å²) in [6.07, 6.45) is 2.52. The summed E-state index contributed by atoms with van der Waals surface area (Å²) >= 11 is 0.